The molecule has 0 saturated carbocycles. The molecular weight excluding hydrogens is 276 g/mol. The second kappa shape index (κ2) is 6.95. The minimum Gasteiger partial charge on any atom is -0.492 e. The number of benzene rings is 1. The van der Waals surface area contributed by atoms with Crippen molar-refractivity contribution in [1.82, 2.24) is 4.72 Å². The van der Waals surface area contributed by atoms with Crippen LogP contribution >= 0.6 is 0 Å². The third-order valence-electron chi connectivity index (χ3n) is 3.44. The van der Waals surface area contributed by atoms with Gasteiger partial charge in [-0.2, -0.15) is 0 Å². The number of nitrogens with two attached hydrogens (primary N) is 1. The topological polar surface area (TPSA) is 81.4 Å². The molecule has 3 N–H and O–H groups in total. The lowest BCUT2D eigenvalue weighted by molar-refractivity contribution is 0.337. The lowest BCUT2D eigenvalue weighted by Gasteiger charge is -2.27. The van der Waals surface area contributed by atoms with E-state index in [1.54, 1.807) is 24.3 Å². The Morgan fingerprint density at radius 1 is 1.30 bits per heavy atom. The van der Waals surface area contributed by atoms with Crippen molar-refractivity contribution in [3.63, 3.8) is 0 Å². The number of sulfonamides is 1. The predicted octanol–water partition coefficient (Wildman–Crippen LogP) is 2.15. The fourth-order valence-corrected chi connectivity index (χ4v) is 3.14. The first-order valence-electron chi connectivity index (χ1n) is 6.80. The van der Waals surface area contributed by atoms with Gasteiger partial charge in [0.15, 0.2) is 0 Å². The number of nitrogens with one attached hydrogen (secondary N) is 1. The Balaban J connectivity index is 2.52. The van der Waals surface area contributed by atoms with Crippen LogP contribution in [0, 0.1) is 0 Å². The van der Waals surface area contributed by atoms with Crippen LogP contribution in [0.4, 0.5) is 5.69 Å². The van der Waals surface area contributed by atoms with E-state index in [0.717, 1.165) is 12.8 Å². The van der Waals surface area contributed by atoms with Gasteiger partial charge in [-0.05, 0) is 31.9 Å². The molecule has 5 nitrogen and oxygen atoms in total. The molecule has 0 aromatic heterocycles. The SMILES string of the molecule is CCC(C)(CC)NS(=O)(=O)CCOc1cccc(N)c1. The molecule has 20 heavy (non-hydrogen) atoms. The second-order valence-corrected chi connectivity index (χ2v) is 6.95. The molecule has 0 spiro atoms. The lowest BCUT2D eigenvalue weighted by atomic mass is 9.98. The molecule has 1 rings (SSSR count). The van der Waals surface area contributed by atoms with Crippen LogP contribution < -0.4 is 15.2 Å². The Kier molecular flexibility index (Phi) is 5.83. The average molecular weight is 300 g/mol. The minimum absolute atomic E-state index is 0.0720. The van der Waals surface area contributed by atoms with E-state index < -0.39 is 15.6 Å². The van der Waals surface area contributed by atoms with Crippen molar-refractivity contribution in [1.29, 1.82) is 0 Å². The van der Waals surface area contributed by atoms with E-state index in [4.69, 9.17) is 10.5 Å². The molecule has 0 aliphatic carbocycles. The minimum atomic E-state index is -3.35. The molecule has 1 aromatic rings. The molecule has 0 bridgehead atoms. The molecule has 0 aliphatic rings. The Hall–Kier alpha value is -1.27. The highest BCUT2D eigenvalue weighted by Gasteiger charge is 2.25. The van der Waals surface area contributed by atoms with Crippen molar-refractivity contribution in [2.75, 3.05) is 18.1 Å². The fraction of sp³-hybridized carbons (Fsp3) is 0.571. The van der Waals surface area contributed by atoms with E-state index in [0.29, 0.717) is 11.4 Å². The predicted molar refractivity (Wildman–Crippen MR) is 82.3 cm³/mol. The molecule has 0 atom stereocenters. The second-order valence-electron chi connectivity index (χ2n) is 5.11. The molecule has 0 aliphatic heterocycles. The smallest absolute Gasteiger partial charge is 0.215 e. The Labute approximate surface area is 121 Å². The zero-order chi connectivity index (χ0) is 15.2. The van der Waals surface area contributed by atoms with Crippen LogP contribution in [-0.2, 0) is 10.0 Å². The van der Waals surface area contributed by atoms with Crippen LogP contribution in [0.5, 0.6) is 5.75 Å². The summed E-state index contributed by atoms with van der Waals surface area (Å²) in [4.78, 5) is 0. The van der Waals surface area contributed by atoms with Crippen molar-refractivity contribution in [3.8, 4) is 5.75 Å². The summed E-state index contributed by atoms with van der Waals surface area (Å²) in [6.45, 7) is 5.94. The van der Waals surface area contributed by atoms with E-state index in [1.807, 2.05) is 20.8 Å². The fourth-order valence-electron chi connectivity index (χ4n) is 1.69. The summed E-state index contributed by atoms with van der Waals surface area (Å²) >= 11 is 0. The molecule has 6 heteroatoms. The van der Waals surface area contributed by atoms with Gasteiger partial charge in [0.05, 0.1) is 5.75 Å². The summed E-state index contributed by atoms with van der Waals surface area (Å²) in [5.74, 6) is 0.506. The first-order chi connectivity index (χ1) is 9.30. The Morgan fingerprint density at radius 2 is 1.95 bits per heavy atom. The average Bonchev–Trinajstić information content (AvgIpc) is 2.38. The maximum Gasteiger partial charge on any atom is 0.215 e. The lowest BCUT2D eigenvalue weighted by Crippen LogP contribution is -2.46. The normalized spacial score (nSPS) is 12.3. The largest absolute Gasteiger partial charge is 0.492 e. The summed E-state index contributed by atoms with van der Waals surface area (Å²) in [5.41, 5.74) is 5.82. The van der Waals surface area contributed by atoms with Crippen molar-refractivity contribution >= 4 is 15.7 Å². The van der Waals surface area contributed by atoms with Crippen LogP contribution in [0.25, 0.3) is 0 Å². The molecule has 0 heterocycles. The van der Waals surface area contributed by atoms with Crippen molar-refractivity contribution in [3.05, 3.63) is 24.3 Å². The molecule has 114 valence electrons. The van der Waals surface area contributed by atoms with Gasteiger partial charge < -0.3 is 10.5 Å². The maximum atomic E-state index is 12.0. The number of rotatable bonds is 8. The molecule has 1 aromatic carbocycles. The third-order valence-corrected chi connectivity index (χ3v) is 4.95. The van der Waals surface area contributed by atoms with Gasteiger partial charge in [0.2, 0.25) is 10.0 Å². The Bertz CT molecular complexity index is 525. The van der Waals surface area contributed by atoms with Gasteiger partial charge in [-0.25, -0.2) is 13.1 Å². The third kappa shape index (κ3) is 5.38. The van der Waals surface area contributed by atoms with Crippen molar-refractivity contribution < 1.29 is 13.2 Å². The summed E-state index contributed by atoms with van der Waals surface area (Å²) in [5, 5.41) is 0. The van der Waals surface area contributed by atoms with Gasteiger partial charge in [0, 0.05) is 17.3 Å². The number of anilines is 1. The zero-order valence-electron chi connectivity index (χ0n) is 12.3. The molecule has 0 saturated heterocycles. The molecule has 0 fully saturated rings. The van der Waals surface area contributed by atoms with Crippen LogP contribution in [0.15, 0.2) is 24.3 Å². The highest BCUT2D eigenvalue weighted by molar-refractivity contribution is 7.89. The summed E-state index contributed by atoms with van der Waals surface area (Å²) in [6.07, 6.45) is 1.50. The zero-order valence-corrected chi connectivity index (χ0v) is 13.2. The monoisotopic (exact) mass is 300 g/mol. The van der Waals surface area contributed by atoms with Gasteiger partial charge in [0.1, 0.15) is 12.4 Å². The summed E-state index contributed by atoms with van der Waals surface area (Å²) in [6, 6.07) is 6.93. The van der Waals surface area contributed by atoms with E-state index in [9.17, 15) is 8.42 Å². The number of hydrogen-bond donors (Lipinski definition) is 2. The van der Waals surface area contributed by atoms with Gasteiger partial charge >= 0.3 is 0 Å². The van der Waals surface area contributed by atoms with E-state index >= 15 is 0 Å². The molecule has 0 unspecified atom stereocenters. The summed E-state index contributed by atoms with van der Waals surface area (Å²) < 4.78 is 32.2. The Morgan fingerprint density at radius 3 is 2.50 bits per heavy atom. The number of ether oxygens (including phenoxy) is 1. The number of hydrogen-bond acceptors (Lipinski definition) is 4. The molecule has 0 amide bonds. The first kappa shape index (κ1) is 16.8. The van der Waals surface area contributed by atoms with Crippen LogP contribution in [0.2, 0.25) is 0 Å². The highest BCUT2D eigenvalue weighted by Crippen LogP contribution is 2.16. The van der Waals surface area contributed by atoms with Crippen LogP contribution in [0.3, 0.4) is 0 Å². The summed E-state index contributed by atoms with van der Waals surface area (Å²) in [7, 11) is -3.35. The van der Waals surface area contributed by atoms with E-state index in [2.05, 4.69) is 4.72 Å². The van der Waals surface area contributed by atoms with Gasteiger partial charge in [-0.3, -0.25) is 0 Å². The maximum absolute atomic E-state index is 12.0. The first-order valence-corrected chi connectivity index (χ1v) is 8.45. The number of nitrogen functional groups attached to an aromatic ring is 1. The van der Waals surface area contributed by atoms with Gasteiger partial charge in [0.25, 0.3) is 0 Å². The molecule has 0 radical (unpaired) electrons. The van der Waals surface area contributed by atoms with Crippen LogP contribution in [-0.4, -0.2) is 26.3 Å². The van der Waals surface area contributed by atoms with Crippen molar-refractivity contribution in [2.45, 2.75) is 39.2 Å². The standard InChI is InChI=1S/C14H24N2O3S/c1-4-14(3,5-2)16-20(17,18)10-9-19-13-8-6-7-12(15)11-13/h6-8,11,16H,4-5,9-10,15H2,1-3H3. The highest BCUT2D eigenvalue weighted by atomic mass is 32.2. The van der Waals surface area contributed by atoms with Crippen molar-refractivity contribution in [2.24, 2.45) is 0 Å². The quantitative estimate of drug-likeness (QED) is 0.721. The molecular formula is C14H24N2O3S. The van der Waals surface area contributed by atoms with Gasteiger partial charge in [-0.15, -0.1) is 0 Å². The van der Waals surface area contributed by atoms with Gasteiger partial charge in [-0.1, -0.05) is 19.9 Å². The van der Waals surface area contributed by atoms with E-state index in [1.165, 1.54) is 0 Å². The van der Waals surface area contributed by atoms with Crippen LogP contribution in [0.1, 0.15) is 33.6 Å². The van der Waals surface area contributed by atoms with E-state index in [-0.39, 0.29) is 12.4 Å².